The maximum atomic E-state index is 12.0. The Balaban J connectivity index is 1.45. The molecular weight excluding hydrogens is 364 g/mol. The molecule has 1 fully saturated rings. The molecule has 0 aliphatic carbocycles. The highest BCUT2D eigenvalue weighted by Crippen LogP contribution is 2.35. The summed E-state index contributed by atoms with van der Waals surface area (Å²) in [4.78, 5) is 6.92. The van der Waals surface area contributed by atoms with Gasteiger partial charge in [-0.25, -0.2) is 8.42 Å². The maximum absolute atomic E-state index is 12.0. The van der Waals surface area contributed by atoms with E-state index in [9.17, 15) is 8.42 Å². The van der Waals surface area contributed by atoms with E-state index in [1.807, 2.05) is 36.4 Å². The number of para-hydroxylation sites is 1. The summed E-state index contributed by atoms with van der Waals surface area (Å²) in [6, 6.07) is 20.3. The van der Waals surface area contributed by atoms with Crippen molar-refractivity contribution in [2.45, 2.75) is 24.9 Å². The van der Waals surface area contributed by atoms with Crippen molar-refractivity contribution in [3.05, 3.63) is 66.2 Å². The molecule has 0 radical (unpaired) electrons. The number of hydrogen-bond donors (Lipinski definition) is 0. The van der Waals surface area contributed by atoms with Gasteiger partial charge in [0.25, 0.3) is 0 Å². The first kappa shape index (κ1) is 17.6. The fraction of sp³-hybridized carbons (Fsp3) is 0.350. The Bertz CT molecular complexity index is 883. The Labute approximate surface area is 159 Å². The third-order valence-electron chi connectivity index (χ3n) is 4.83. The topological polar surface area (TPSA) is 49.7 Å². The van der Waals surface area contributed by atoms with E-state index in [2.05, 4.69) is 29.2 Å². The van der Waals surface area contributed by atoms with Crippen LogP contribution in [0, 0.1) is 0 Å². The second-order valence-electron chi connectivity index (χ2n) is 6.77. The van der Waals surface area contributed by atoms with Crippen LogP contribution in [0.2, 0.25) is 0 Å². The third-order valence-corrected chi connectivity index (χ3v) is 7.58. The zero-order valence-corrected chi connectivity index (χ0v) is 16.1. The van der Waals surface area contributed by atoms with E-state index < -0.39 is 9.84 Å². The molecule has 0 amide bonds. The molecule has 2 aliphatic rings. The first-order chi connectivity index (χ1) is 12.6. The number of rotatable bonds is 5. The van der Waals surface area contributed by atoms with Crippen molar-refractivity contribution >= 4 is 32.5 Å². The summed E-state index contributed by atoms with van der Waals surface area (Å²) < 4.78 is 24.1. The molecule has 0 unspecified atom stereocenters. The number of fused-ring (bicyclic) bond motifs is 1. The van der Waals surface area contributed by atoms with Crippen LogP contribution in [0.5, 0.6) is 0 Å². The smallest absolute Gasteiger partial charge is 0.164 e. The van der Waals surface area contributed by atoms with Crippen molar-refractivity contribution in [3.8, 4) is 0 Å². The lowest BCUT2D eigenvalue weighted by molar-refractivity contribution is 0.601. The van der Waals surface area contributed by atoms with Crippen LogP contribution in [-0.4, -0.2) is 42.9 Å². The fourth-order valence-corrected chi connectivity index (χ4v) is 6.51. The maximum Gasteiger partial charge on any atom is 0.164 e. The highest BCUT2D eigenvalue weighted by Gasteiger charge is 2.46. The largest absolute Gasteiger partial charge is 0.315 e. The van der Waals surface area contributed by atoms with Gasteiger partial charge in [-0.05, 0) is 30.5 Å². The summed E-state index contributed by atoms with van der Waals surface area (Å²) in [5.74, 6) is 1.35. The molecule has 2 atom stereocenters. The molecule has 0 spiro atoms. The van der Waals surface area contributed by atoms with Gasteiger partial charge in [0.2, 0.25) is 0 Å². The Morgan fingerprint density at radius 3 is 2.42 bits per heavy atom. The van der Waals surface area contributed by atoms with Gasteiger partial charge in [0.15, 0.2) is 15.0 Å². The van der Waals surface area contributed by atoms with Crippen molar-refractivity contribution in [3.63, 3.8) is 0 Å². The number of benzene rings is 2. The van der Waals surface area contributed by atoms with Crippen LogP contribution >= 0.6 is 11.8 Å². The monoisotopic (exact) mass is 386 g/mol. The summed E-state index contributed by atoms with van der Waals surface area (Å²) in [5, 5.41) is 0.967. The molecule has 0 saturated carbocycles. The minimum absolute atomic E-state index is 0.0565. The average molecular weight is 387 g/mol. The molecule has 0 bridgehead atoms. The molecule has 6 heteroatoms. The summed E-state index contributed by atoms with van der Waals surface area (Å²) in [6.07, 6.45) is 2.12. The summed E-state index contributed by atoms with van der Waals surface area (Å²) >= 11 is 1.74. The number of aliphatic imine (C=N–C) groups is 1. The van der Waals surface area contributed by atoms with Gasteiger partial charge in [0.05, 0.1) is 23.6 Å². The van der Waals surface area contributed by atoms with Gasteiger partial charge >= 0.3 is 0 Å². The van der Waals surface area contributed by atoms with Crippen molar-refractivity contribution in [2.75, 3.05) is 22.2 Å². The van der Waals surface area contributed by atoms with Crippen LogP contribution < -0.4 is 4.90 Å². The van der Waals surface area contributed by atoms with E-state index in [4.69, 9.17) is 4.99 Å². The summed E-state index contributed by atoms with van der Waals surface area (Å²) in [6.45, 7) is 0. The molecule has 4 nitrogen and oxygen atoms in total. The Hall–Kier alpha value is -1.79. The molecule has 1 saturated heterocycles. The van der Waals surface area contributed by atoms with Gasteiger partial charge in [0, 0.05) is 11.4 Å². The van der Waals surface area contributed by atoms with Crippen LogP contribution in [-0.2, 0) is 16.3 Å². The molecular formula is C20H22N2O2S2. The highest BCUT2D eigenvalue weighted by molar-refractivity contribution is 8.14. The molecule has 0 aromatic heterocycles. The van der Waals surface area contributed by atoms with Gasteiger partial charge in [-0.2, -0.15) is 0 Å². The van der Waals surface area contributed by atoms with Gasteiger partial charge in [-0.15, -0.1) is 0 Å². The molecule has 4 rings (SSSR count). The zero-order chi connectivity index (χ0) is 18.0. The van der Waals surface area contributed by atoms with E-state index >= 15 is 0 Å². The molecule has 2 aromatic rings. The van der Waals surface area contributed by atoms with Crippen molar-refractivity contribution in [1.29, 1.82) is 0 Å². The van der Waals surface area contributed by atoms with Gasteiger partial charge in [-0.1, -0.05) is 60.3 Å². The third kappa shape index (κ3) is 3.81. The van der Waals surface area contributed by atoms with Crippen LogP contribution in [0.15, 0.2) is 65.7 Å². The normalized spacial score (nSPS) is 23.7. The van der Waals surface area contributed by atoms with Gasteiger partial charge < -0.3 is 4.90 Å². The zero-order valence-electron chi connectivity index (χ0n) is 14.5. The number of nitrogens with zero attached hydrogens (tertiary/aromatic N) is 2. The van der Waals surface area contributed by atoms with Crippen molar-refractivity contribution in [2.24, 2.45) is 4.99 Å². The van der Waals surface area contributed by atoms with E-state index in [-0.39, 0.29) is 23.6 Å². The number of sulfone groups is 1. The van der Waals surface area contributed by atoms with Crippen LogP contribution in [0.25, 0.3) is 0 Å². The molecule has 0 N–H and O–H groups in total. The van der Waals surface area contributed by atoms with Crippen LogP contribution in [0.4, 0.5) is 5.69 Å². The number of thioether (sulfide) groups is 1. The summed E-state index contributed by atoms with van der Waals surface area (Å²) in [5.41, 5.74) is 2.38. The summed E-state index contributed by atoms with van der Waals surface area (Å²) in [7, 11) is -2.99. The van der Waals surface area contributed by atoms with Crippen molar-refractivity contribution < 1.29 is 8.42 Å². The number of hydrogen-bond acceptors (Lipinski definition) is 5. The quantitative estimate of drug-likeness (QED) is 0.739. The number of aryl methyl sites for hydroxylation is 1. The fourth-order valence-electron chi connectivity index (χ4n) is 3.61. The van der Waals surface area contributed by atoms with E-state index in [1.54, 1.807) is 11.8 Å². The predicted octanol–water partition coefficient (Wildman–Crippen LogP) is 3.39. The van der Waals surface area contributed by atoms with E-state index in [0.29, 0.717) is 0 Å². The first-order valence-electron chi connectivity index (χ1n) is 8.92. The molecule has 2 aromatic carbocycles. The minimum atomic E-state index is -2.99. The van der Waals surface area contributed by atoms with Crippen LogP contribution in [0.1, 0.15) is 12.0 Å². The molecule has 2 heterocycles. The average Bonchev–Trinajstić information content (AvgIpc) is 3.11. The number of anilines is 1. The first-order valence-corrected chi connectivity index (χ1v) is 11.7. The number of amidine groups is 1. The molecule has 26 heavy (non-hydrogen) atoms. The lowest BCUT2D eigenvalue weighted by atomic mass is 10.1. The Morgan fingerprint density at radius 2 is 1.69 bits per heavy atom. The molecule has 2 aliphatic heterocycles. The minimum Gasteiger partial charge on any atom is -0.315 e. The van der Waals surface area contributed by atoms with E-state index in [1.165, 1.54) is 5.56 Å². The highest BCUT2D eigenvalue weighted by atomic mass is 32.2. The standard InChI is InChI=1S/C20H22N2O2S2/c23-26(24)14-18-19(15-26)22(17-11-5-2-6-12-17)20(21-18)25-13-7-10-16-8-3-1-4-9-16/h1-6,8-9,11-12,18-19H,7,10,13-15H2/t18-,19+/m0/s1. The Kier molecular flexibility index (Phi) is 5.05. The lowest BCUT2D eigenvalue weighted by Crippen LogP contribution is -2.39. The van der Waals surface area contributed by atoms with Gasteiger partial charge in [-0.3, -0.25) is 4.99 Å². The second kappa shape index (κ2) is 7.45. The second-order valence-corrected chi connectivity index (χ2v) is 9.98. The lowest BCUT2D eigenvalue weighted by Gasteiger charge is -2.26. The van der Waals surface area contributed by atoms with Crippen LogP contribution in [0.3, 0.4) is 0 Å². The van der Waals surface area contributed by atoms with Gasteiger partial charge in [0.1, 0.15) is 0 Å². The predicted molar refractivity (Wildman–Crippen MR) is 110 cm³/mol. The SMILES string of the molecule is O=S1(=O)C[C@@H]2N=C(SCCCc3ccccc3)N(c3ccccc3)[C@@H]2C1. The van der Waals surface area contributed by atoms with Crippen molar-refractivity contribution in [1.82, 2.24) is 0 Å². The van der Waals surface area contributed by atoms with E-state index in [0.717, 1.165) is 29.4 Å². The molecule has 136 valence electrons. The Morgan fingerprint density at radius 1 is 1.00 bits per heavy atom.